The summed E-state index contributed by atoms with van der Waals surface area (Å²) in [4.78, 5) is 1.33. The molecule has 3 rings (SSSR count). The van der Waals surface area contributed by atoms with E-state index >= 15 is 0 Å². The van der Waals surface area contributed by atoms with Crippen LogP contribution >= 0.6 is 11.8 Å². The molecule has 2 aromatic carbocycles. The second kappa shape index (κ2) is 6.02. The fourth-order valence-corrected chi connectivity index (χ4v) is 3.28. The zero-order valence-electron chi connectivity index (χ0n) is 12.1. The smallest absolute Gasteiger partial charge is 0.0292 e. The van der Waals surface area contributed by atoms with Gasteiger partial charge in [-0.2, -0.15) is 0 Å². The molecule has 1 N–H and O–H groups in total. The van der Waals surface area contributed by atoms with Gasteiger partial charge < -0.3 is 5.32 Å². The van der Waals surface area contributed by atoms with Crippen molar-refractivity contribution in [1.82, 2.24) is 5.32 Å². The van der Waals surface area contributed by atoms with Crippen molar-refractivity contribution in [1.29, 1.82) is 0 Å². The van der Waals surface area contributed by atoms with Crippen LogP contribution in [0.15, 0.2) is 53.4 Å². The molecule has 0 aliphatic heterocycles. The maximum atomic E-state index is 3.67. The maximum absolute atomic E-state index is 3.67. The van der Waals surface area contributed by atoms with E-state index in [9.17, 15) is 0 Å². The Morgan fingerprint density at radius 2 is 1.90 bits per heavy atom. The van der Waals surface area contributed by atoms with E-state index in [1.807, 2.05) is 0 Å². The lowest BCUT2D eigenvalue weighted by atomic mass is 9.77. The first kappa shape index (κ1) is 13.7. The van der Waals surface area contributed by atoms with Gasteiger partial charge in [0.2, 0.25) is 0 Å². The van der Waals surface area contributed by atoms with Crippen molar-refractivity contribution in [2.45, 2.75) is 30.2 Å². The van der Waals surface area contributed by atoms with Gasteiger partial charge in [0.25, 0.3) is 0 Å². The van der Waals surface area contributed by atoms with Crippen molar-refractivity contribution >= 4 is 11.8 Å². The quantitative estimate of drug-likeness (QED) is 0.816. The van der Waals surface area contributed by atoms with Crippen molar-refractivity contribution in [2.75, 3.05) is 12.8 Å². The van der Waals surface area contributed by atoms with Gasteiger partial charge in [0, 0.05) is 23.4 Å². The number of nitrogens with one attached hydrogen (secondary N) is 1. The summed E-state index contributed by atoms with van der Waals surface area (Å²) < 4.78 is 0. The third-order valence-electron chi connectivity index (χ3n) is 4.25. The van der Waals surface area contributed by atoms with Crippen molar-refractivity contribution in [3.8, 4) is 0 Å². The van der Waals surface area contributed by atoms with Gasteiger partial charge in [-0.1, -0.05) is 36.4 Å². The van der Waals surface area contributed by atoms with Crippen LogP contribution in [0.5, 0.6) is 0 Å². The van der Waals surface area contributed by atoms with Gasteiger partial charge >= 0.3 is 0 Å². The third kappa shape index (κ3) is 2.77. The molecule has 2 aromatic rings. The molecule has 2 unspecified atom stereocenters. The molecule has 20 heavy (non-hydrogen) atoms. The highest BCUT2D eigenvalue weighted by atomic mass is 32.2. The van der Waals surface area contributed by atoms with E-state index in [1.165, 1.54) is 28.0 Å². The van der Waals surface area contributed by atoms with Crippen molar-refractivity contribution in [3.63, 3.8) is 0 Å². The Labute approximate surface area is 125 Å². The van der Waals surface area contributed by atoms with Gasteiger partial charge in [-0.15, -0.1) is 11.8 Å². The summed E-state index contributed by atoms with van der Waals surface area (Å²) in [7, 11) is 0. The lowest BCUT2D eigenvalue weighted by Gasteiger charge is -2.31. The molecule has 0 fully saturated rings. The minimum Gasteiger partial charge on any atom is -0.310 e. The van der Waals surface area contributed by atoms with Gasteiger partial charge in [0.05, 0.1) is 0 Å². The molecule has 2 heteroatoms. The van der Waals surface area contributed by atoms with Gasteiger partial charge in [0.15, 0.2) is 0 Å². The minimum absolute atomic E-state index is 0.415. The maximum Gasteiger partial charge on any atom is 0.0292 e. The molecule has 0 amide bonds. The fraction of sp³-hybridized carbons (Fsp3) is 0.333. The number of rotatable bonds is 5. The molecule has 0 aromatic heterocycles. The Kier molecular flexibility index (Phi) is 4.13. The van der Waals surface area contributed by atoms with Crippen LogP contribution in [0, 0.1) is 0 Å². The predicted molar refractivity (Wildman–Crippen MR) is 87.5 cm³/mol. The number of hydrogen-bond acceptors (Lipinski definition) is 2. The van der Waals surface area contributed by atoms with E-state index in [2.05, 4.69) is 67.0 Å². The number of fused-ring (bicyclic) bond motifs is 1. The third-order valence-corrected chi connectivity index (χ3v) is 4.99. The molecule has 1 aliphatic rings. The zero-order valence-corrected chi connectivity index (χ0v) is 12.9. The Bertz CT molecular complexity index is 576. The largest absolute Gasteiger partial charge is 0.310 e. The first-order valence-corrected chi connectivity index (χ1v) is 8.45. The molecular formula is C18H21NS. The topological polar surface area (TPSA) is 12.0 Å². The average molecular weight is 283 g/mol. The summed E-state index contributed by atoms with van der Waals surface area (Å²) in [6.07, 6.45) is 3.34. The highest BCUT2D eigenvalue weighted by Crippen LogP contribution is 2.34. The highest BCUT2D eigenvalue weighted by molar-refractivity contribution is 7.98. The first-order chi connectivity index (χ1) is 9.78. The van der Waals surface area contributed by atoms with Crippen molar-refractivity contribution in [2.24, 2.45) is 0 Å². The van der Waals surface area contributed by atoms with Gasteiger partial charge in [0.1, 0.15) is 0 Å². The molecule has 1 nitrogen and oxygen atoms in total. The molecule has 0 saturated carbocycles. The zero-order chi connectivity index (χ0) is 13.9. The second-order valence-electron chi connectivity index (χ2n) is 5.50. The Morgan fingerprint density at radius 1 is 1.15 bits per heavy atom. The minimum atomic E-state index is 0.415. The van der Waals surface area contributed by atoms with E-state index in [0.29, 0.717) is 12.0 Å². The van der Waals surface area contributed by atoms with Crippen LogP contribution in [0.4, 0.5) is 0 Å². The monoisotopic (exact) mass is 283 g/mol. The van der Waals surface area contributed by atoms with Gasteiger partial charge in [-0.25, -0.2) is 0 Å². The molecule has 1 aliphatic carbocycles. The first-order valence-electron chi connectivity index (χ1n) is 7.23. The number of hydrogen-bond donors (Lipinski definition) is 1. The molecule has 0 heterocycles. The summed E-state index contributed by atoms with van der Waals surface area (Å²) in [5.41, 5.74) is 4.43. The Balaban J connectivity index is 1.56. The molecule has 0 saturated heterocycles. The van der Waals surface area contributed by atoms with Crippen LogP contribution in [0.1, 0.15) is 35.6 Å². The highest BCUT2D eigenvalue weighted by Gasteiger charge is 2.25. The average Bonchev–Trinajstić information content (AvgIpc) is 2.48. The fourth-order valence-electron chi connectivity index (χ4n) is 2.87. The van der Waals surface area contributed by atoms with Crippen molar-refractivity contribution < 1.29 is 0 Å². The van der Waals surface area contributed by atoms with Gasteiger partial charge in [-0.05, 0) is 48.4 Å². The number of thioether (sulfide) groups is 1. The van der Waals surface area contributed by atoms with Crippen LogP contribution in [0.3, 0.4) is 0 Å². The Morgan fingerprint density at radius 3 is 2.60 bits per heavy atom. The van der Waals surface area contributed by atoms with Crippen LogP contribution < -0.4 is 5.32 Å². The van der Waals surface area contributed by atoms with Crippen LogP contribution in [0.25, 0.3) is 0 Å². The molecule has 2 atom stereocenters. The summed E-state index contributed by atoms with van der Waals surface area (Å²) >= 11 is 1.79. The molecule has 0 radical (unpaired) electrons. The molecule has 0 bridgehead atoms. The van der Waals surface area contributed by atoms with Crippen LogP contribution in [-0.4, -0.2) is 12.8 Å². The molecule has 0 spiro atoms. The van der Waals surface area contributed by atoms with Crippen LogP contribution in [-0.2, 0) is 6.42 Å². The SMILES string of the molecule is CSc1ccc(C(C)NCC2Cc3ccccc32)cc1. The summed E-state index contributed by atoms with van der Waals surface area (Å²) in [5.74, 6) is 0.694. The van der Waals surface area contributed by atoms with E-state index in [0.717, 1.165) is 6.54 Å². The van der Waals surface area contributed by atoms with Crippen LogP contribution in [0.2, 0.25) is 0 Å². The molecule has 104 valence electrons. The van der Waals surface area contributed by atoms with Crippen molar-refractivity contribution in [3.05, 3.63) is 65.2 Å². The van der Waals surface area contributed by atoms with Gasteiger partial charge in [-0.3, -0.25) is 0 Å². The van der Waals surface area contributed by atoms with E-state index in [1.54, 1.807) is 11.8 Å². The van der Waals surface area contributed by atoms with E-state index in [4.69, 9.17) is 0 Å². The summed E-state index contributed by atoms with van der Waals surface area (Å²) in [6.45, 7) is 3.32. The normalized spacial score (nSPS) is 18.2. The predicted octanol–water partition coefficient (Wildman–Crippen LogP) is 4.40. The lowest BCUT2D eigenvalue weighted by molar-refractivity contribution is 0.489. The molecular weight excluding hydrogens is 262 g/mol. The second-order valence-corrected chi connectivity index (χ2v) is 6.38. The Hall–Kier alpha value is -1.25. The summed E-state index contributed by atoms with van der Waals surface area (Å²) in [5, 5.41) is 3.67. The summed E-state index contributed by atoms with van der Waals surface area (Å²) in [6, 6.07) is 18.1. The lowest BCUT2D eigenvalue weighted by Crippen LogP contribution is -2.30. The number of benzene rings is 2. The van der Waals surface area contributed by atoms with E-state index < -0.39 is 0 Å². The standard InChI is InChI=1S/C18H21NS/c1-13(14-7-9-17(20-2)10-8-14)19-12-16-11-15-5-3-4-6-18(15)16/h3-10,13,16,19H,11-12H2,1-2H3. The van der Waals surface area contributed by atoms with E-state index in [-0.39, 0.29) is 0 Å².